The molecule has 2 N–H and O–H groups in total. The Balaban J connectivity index is 3.08. The summed E-state index contributed by atoms with van der Waals surface area (Å²) in [5, 5.41) is 11.3. The normalized spacial score (nSPS) is 14.6. The maximum absolute atomic E-state index is 10.7. The maximum Gasteiger partial charge on any atom is 0.0970 e. The maximum atomic E-state index is 10.7. The molecule has 0 spiro atoms. The van der Waals surface area contributed by atoms with Crippen molar-refractivity contribution in [1.82, 2.24) is 0 Å². The van der Waals surface area contributed by atoms with Crippen molar-refractivity contribution in [1.29, 1.82) is 4.78 Å². The summed E-state index contributed by atoms with van der Waals surface area (Å²) in [5.74, 6) is 0. The van der Waals surface area contributed by atoms with Crippen LogP contribution in [0, 0.1) is 4.78 Å². The van der Waals surface area contributed by atoms with Crippen LogP contribution < -0.4 is 0 Å². The van der Waals surface area contributed by atoms with Gasteiger partial charge in [-0.3, -0.25) is 4.78 Å². The van der Waals surface area contributed by atoms with Crippen LogP contribution >= 0.6 is 11.3 Å². The fourth-order valence-electron chi connectivity index (χ4n) is 0.752. The molecular formula is C7H11NO2S2. The zero-order valence-electron chi connectivity index (χ0n) is 6.87. The average Bonchev–Trinajstić information content (AvgIpc) is 2.30. The monoisotopic (exact) mass is 205 g/mol. The zero-order chi connectivity index (χ0) is 9.35. The van der Waals surface area contributed by atoms with Crippen LogP contribution in [0.25, 0.3) is 0 Å². The Hall–Kier alpha value is -0.390. The van der Waals surface area contributed by atoms with Crippen molar-refractivity contribution in [3.05, 3.63) is 17.0 Å². The van der Waals surface area contributed by atoms with Crippen LogP contribution in [0.15, 0.2) is 15.7 Å². The number of aliphatic hydroxyl groups is 1. The minimum Gasteiger partial charge on any atom is -0.386 e. The largest absolute Gasteiger partial charge is 0.386 e. The van der Waals surface area contributed by atoms with E-state index < -0.39 is 16.2 Å². The second-order valence-corrected chi connectivity index (χ2v) is 5.31. The Morgan fingerprint density at radius 2 is 2.25 bits per heavy atom. The fourth-order valence-corrected chi connectivity index (χ4v) is 2.35. The molecule has 0 bridgehead atoms. The molecule has 0 aromatic carbocycles. The third kappa shape index (κ3) is 2.06. The van der Waals surface area contributed by atoms with Crippen molar-refractivity contribution < 1.29 is 9.32 Å². The summed E-state index contributed by atoms with van der Waals surface area (Å²) >= 11 is 1.25. The van der Waals surface area contributed by atoms with E-state index in [0.29, 0.717) is 4.21 Å². The van der Waals surface area contributed by atoms with E-state index in [0.717, 1.165) is 5.56 Å². The van der Waals surface area contributed by atoms with E-state index in [2.05, 4.69) is 0 Å². The summed E-state index contributed by atoms with van der Waals surface area (Å²) in [6, 6.07) is 1.62. The molecule has 0 aliphatic heterocycles. The molecule has 68 valence electrons. The topological polar surface area (TPSA) is 61.1 Å². The quantitative estimate of drug-likeness (QED) is 0.642. The highest BCUT2D eigenvalue weighted by Crippen LogP contribution is 2.25. The standard InChI is InChI=1S/C7H11NO2S2/c1-7(2,9)5-3-6(11-4-5)12(8)10/h3-4,8-9,12H,1-2H3. The van der Waals surface area contributed by atoms with E-state index in [1.807, 2.05) is 0 Å². The predicted octanol–water partition coefficient (Wildman–Crippen LogP) is 1.58. The number of nitrogens with one attached hydrogen (secondary N) is 1. The molecule has 0 amide bonds. The van der Waals surface area contributed by atoms with Gasteiger partial charge in [0.15, 0.2) is 0 Å². The summed E-state index contributed by atoms with van der Waals surface area (Å²) in [7, 11) is -2.01. The first-order chi connectivity index (χ1) is 5.41. The Kier molecular flexibility index (Phi) is 2.55. The Morgan fingerprint density at radius 1 is 1.67 bits per heavy atom. The van der Waals surface area contributed by atoms with E-state index in [4.69, 9.17) is 4.78 Å². The first-order valence-electron chi connectivity index (χ1n) is 3.41. The lowest BCUT2D eigenvalue weighted by molar-refractivity contribution is 0.0789. The minimum absolute atomic E-state index is 0.516. The Labute approximate surface area is 77.1 Å². The smallest absolute Gasteiger partial charge is 0.0970 e. The van der Waals surface area contributed by atoms with Crippen LogP contribution in [-0.2, 0) is 16.2 Å². The zero-order valence-corrected chi connectivity index (χ0v) is 8.58. The Morgan fingerprint density at radius 3 is 2.50 bits per heavy atom. The second kappa shape index (κ2) is 3.16. The number of thiol groups is 1. The number of hydrogen-bond donors (Lipinski definition) is 3. The van der Waals surface area contributed by atoms with Gasteiger partial charge in [-0.2, -0.15) is 0 Å². The summed E-state index contributed by atoms with van der Waals surface area (Å²) < 4.78 is 18.2. The highest BCUT2D eigenvalue weighted by Gasteiger charge is 2.17. The molecule has 3 nitrogen and oxygen atoms in total. The highest BCUT2D eigenvalue weighted by molar-refractivity contribution is 7.76. The lowest BCUT2D eigenvalue weighted by atomic mass is 10.0. The van der Waals surface area contributed by atoms with E-state index in [1.54, 1.807) is 25.3 Å². The Bertz CT molecular complexity index is 339. The van der Waals surface area contributed by atoms with Gasteiger partial charge in [0.1, 0.15) is 0 Å². The van der Waals surface area contributed by atoms with Gasteiger partial charge in [-0.25, -0.2) is 4.21 Å². The van der Waals surface area contributed by atoms with E-state index in [9.17, 15) is 9.32 Å². The van der Waals surface area contributed by atoms with Crippen molar-refractivity contribution >= 4 is 21.9 Å². The van der Waals surface area contributed by atoms with Crippen molar-refractivity contribution in [2.75, 3.05) is 0 Å². The van der Waals surface area contributed by atoms with Crippen LogP contribution in [0.5, 0.6) is 0 Å². The highest BCUT2D eigenvalue weighted by atomic mass is 32.2. The molecule has 0 aliphatic carbocycles. The molecule has 0 radical (unpaired) electrons. The summed E-state index contributed by atoms with van der Waals surface area (Å²) in [6.45, 7) is 3.33. The van der Waals surface area contributed by atoms with Gasteiger partial charge in [0, 0.05) is 0 Å². The molecule has 0 saturated carbocycles. The molecular weight excluding hydrogens is 194 g/mol. The first kappa shape index (κ1) is 9.70. The average molecular weight is 205 g/mol. The van der Waals surface area contributed by atoms with Gasteiger partial charge in [0.2, 0.25) is 0 Å². The van der Waals surface area contributed by atoms with Gasteiger partial charge < -0.3 is 5.11 Å². The molecule has 1 atom stereocenters. The molecule has 1 heterocycles. The van der Waals surface area contributed by atoms with Crippen molar-refractivity contribution in [2.24, 2.45) is 0 Å². The van der Waals surface area contributed by atoms with Gasteiger partial charge in [-0.05, 0) is 30.9 Å². The van der Waals surface area contributed by atoms with Crippen LogP contribution in [0.1, 0.15) is 19.4 Å². The summed E-state index contributed by atoms with van der Waals surface area (Å²) in [4.78, 5) is 0. The van der Waals surface area contributed by atoms with Gasteiger partial charge in [0.25, 0.3) is 0 Å². The summed E-state index contributed by atoms with van der Waals surface area (Å²) in [6.07, 6.45) is 0. The molecule has 1 aromatic heterocycles. The number of thiophene rings is 1. The number of rotatable bonds is 2. The third-order valence-electron chi connectivity index (χ3n) is 1.49. The molecule has 1 rings (SSSR count). The molecule has 5 heteroatoms. The molecule has 0 saturated heterocycles. The van der Waals surface area contributed by atoms with E-state index in [-0.39, 0.29) is 0 Å². The van der Waals surface area contributed by atoms with Crippen molar-refractivity contribution in [2.45, 2.75) is 23.7 Å². The van der Waals surface area contributed by atoms with Crippen LogP contribution in [-0.4, -0.2) is 9.32 Å². The SMILES string of the molecule is CC(C)(O)c1csc([SH](=N)=O)c1. The van der Waals surface area contributed by atoms with Gasteiger partial charge in [0.05, 0.1) is 20.4 Å². The lowest BCUT2D eigenvalue weighted by Gasteiger charge is -2.14. The second-order valence-electron chi connectivity index (χ2n) is 3.03. The van der Waals surface area contributed by atoms with Crippen LogP contribution in [0.2, 0.25) is 0 Å². The summed E-state index contributed by atoms with van der Waals surface area (Å²) in [5.41, 5.74) is -0.182. The van der Waals surface area contributed by atoms with E-state index >= 15 is 0 Å². The molecule has 0 fully saturated rings. The molecule has 1 unspecified atom stereocenters. The van der Waals surface area contributed by atoms with Crippen LogP contribution in [0.3, 0.4) is 0 Å². The predicted molar refractivity (Wildman–Crippen MR) is 50.1 cm³/mol. The number of hydrogen-bond acceptors (Lipinski definition) is 4. The van der Waals surface area contributed by atoms with Gasteiger partial charge in [-0.15, -0.1) is 11.3 Å². The lowest BCUT2D eigenvalue weighted by Crippen LogP contribution is -2.13. The molecule has 1 aromatic rings. The van der Waals surface area contributed by atoms with Crippen LogP contribution in [0.4, 0.5) is 0 Å². The van der Waals surface area contributed by atoms with Crippen molar-refractivity contribution in [3.8, 4) is 0 Å². The third-order valence-corrected chi connectivity index (χ3v) is 3.57. The van der Waals surface area contributed by atoms with Gasteiger partial charge in [-0.1, -0.05) is 0 Å². The van der Waals surface area contributed by atoms with E-state index in [1.165, 1.54) is 11.3 Å². The van der Waals surface area contributed by atoms with Gasteiger partial charge >= 0.3 is 0 Å². The molecule has 0 aliphatic rings. The van der Waals surface area contributed by atoms with Crippen molar-refractivity contribution in [3.63, 3.8) is 0 Å². The minimum atomic E-state index is -2.01. The molecule has 12 heavy (non-hydrogen) atoms. The fraction of sp³-hybridized carbons (Fsp3) is 0.429. The first-order valence-corrected chi connectivity index (χ1v) is 5.55.